The fraction of sp³-hybridized carbons (Fsp3) is 0.562. The summed E-state index contributed by atoms with van der Waals surface area (Å²) < 4.78 is 14.0. The minimum Gasteiger partial charge on any atom is -0.299 e. The van der Waals surface area contributed by atoms with Gasteiger partial charge >= 0.3 is 0 Å². The third-order valence-corrected chi connectivity index (χ3v) is 4.96. The second kappa shape index (κ2) is 6.65. The van der Waals surface area contributed by atoms with Crippen molar-refractivity contribution in [2.45, 2.75) is 45.4 Å². The van der Waals surface area contributed by atoms with Crippen LogP contribution in [0.3, 0.4) is 0 Å². The molecule has 2 unspecified atom stereocenters. The van der Waals surface area contributed by atoms with E-state index in [1.807, 2.05) is 6.07 Å². The Hall–Kier alpha value is -0.700. The quantitative estimate of drug-likeness (QED) is 0.767. The molecule has 1 fully saturated rings. The van der Waals surface area contributed by atoms with Crippen LogP contribution in [0, 0.1) is 17.7 Å². The lowest BCUT2D eigenvalue weighted by atomic mass is 9.76. The van der Waals surface area contributed by atoms with Gasteiger partial charge in [0, 0.05) is 12.3 Å². The maximum absolute atomic E-state index is 13.5. The zero-order valence-electron chi connectivity index (χ0n) is 11.3. The summed E-state index contributed by atoms with van der Waals surface area (Å²) in [6.45, 7) is 2.19. The number of hydrogen-bond acceptors (Lipinski definition) is 1. The van der Waals surface area contributed by atoms with E-state index in [9.17, 15) is 9.18 Å². The van der Waals surface area contributed by atoms with E-state index in [0.717, 1.165) is 18.4 Å². The van der Waals surface area contributed by atoms with Crippen LogP contribution >= 0.6 is 15.9 Å². The van der Waals surface area contributed by atoms with Crippen molar-refractivity contribution in [3.63, 3.8) is 0 Å². The van der Waals surface area contributed by atoms with Gasteiger partial charge in [0.1, 0.15) is 11.6 Å². The number of Topliss-reactive ketones (excluding diaryl/α,β-unsaturated/α-hetero) is 1. The van der Waals surface area contributed by atoms with Gasteiger partial charge in [-0.2, -0.15) is 0 Å². The van der Waals surface area contributed by atoms with E-state index in [1.165, 1.54) is 18.9 Å². The number of halogens is 2. The molecule has 104 valence electrons. The SMILES string of the molecule is CCCC1CCC(=O)C(Cc2cccc(F)c2Br)C1. The summed E-state index contributed by atoms with van der Waals surface area (Å²) in [7, 11) is 0. The van der Waals surface area contributed by atoms with Gasteiger partial charge in [-0.25, -0.2) is 4.39 Å². The van der Waals surface area contributed by atoms with Crippen molar-refractivity contribution in [1.82, 2.24) is 0 Å². The lowest BCUT2D eigenvalue weighted by Gasteiger charge is -2.28. The Morgan fingerprint density at radius 3 is 2.95 bits per heavy atom. The number of ketones is 1. The zero-order valence-corrected chi connectivity index (χ0v) is 12.9. The molecule has 2 atom stereocenters. The molecule has 0 radical (unpaired) electrons. The highest BCUT2D eigenvalue weighted by Gasteiger charge is 2.28. The average molecular weight is 327 g/mol. The minimum atomic E-state index is -0.245. The van der Waals surface area contributed by atoms with Crippen molar-refractivity contribution < 1.29 is 9.18 Å². The van der Waals surface area contributed by atoms with Crippen molar-refractivity contribution in [2.24, 2.45) is 11.8 Å². The summed E-state index contributed by atoms with van der Waals surface area (Å²) in [5.41, 5.74) is 0.912. The third-order valence-electron chi connectivity index (χ3n) is 4.07. The Balaban J connectivity index is 2.08. The molecular weight excluding hydrogens is 307 g/mol. The first-order chi connectivity index (χ1) is 9.11. The summed E-state index contributed by atoms with van der Waals surface area (Å²) in [6, 6.07) is 5.06. The predicted octanol–water partition coefficient (Wildman–Crippen LogP) is 4.92. The van der Waals surface area contributed by atoms with Crippen molar-refractivity contribution in [1.29, 1.82) is 0 Å². The summed E-state index contributed by atoms with van der Waals surface area (Å²) in [5, 5.41) is 0. The Kier molecular flexibility index (Phi) is 5.14. The molecule has 0 saturated heterocycles. The fourth-order valence-corrected chi connectivity index (χ4v) is 3.47. The van der Waals surface area contributed by atoms with Crippen LogP contribution in [0.15, 0.2) is 22.7 Å². The lowest BCUT2D eigenvalue weighted by Crippen LogP contribution is -2.26. The van der Waals surface area contributed by atoms with E-state index in [-0.39, 0.29) is 11.7 Å². The second-order valence-electron chi connectivity index (χ2n) is 5.51. The van der Waals surface area contributed by atoms with Crippen molar-refractivity contribution >= 4 is 21.7 Å². The van der Waals surface area contributed by atoms with E-state index in [0.29, 0.717) is 29.0 Å². The first-order valence-corrected chi connectivity index (χ1v) is 7.86. The number of benzene rings is 1. The third kappa shape index (κ3) is 3.65. The van der Waals surface area contributed by atoms with Crippen LogP contribution in [0.4, 0.5) is 4.39 Å². The molecule has 1 saturated carbocycles. The van der Waals surface area contributed by atoms with E-state index >= 15 is 0 Å². The van der Waals surface area contributed by atoms with Crippen LogP contribution in [0.1, 0.15) is 44.6 Å². The van der Waals surface area contributed by atoms with Crippen molar-refractivity contribution in [2.75, 3.05) is 0 Å². The highest BCUT2D eigenvalue weighted by atomic mass is 79.9. The number of carbonyl (C=O) groups is 1. The zero-order chi connectivity index (χ0) is 13.8. The summed E-state index contributed by atoms with van der Waals surface area (Å²) in [5.74, 6) is 0.845. The van der Waals surface area contributed by atoms with Crippen LogP contribution in [0.5, 0.6) is 0 Å². The van der Waals surface area contributed by atoms with Crippen molar-refractivity contribution in [3.05, 3.63) is 34.1 Å². The van der Waals surface area contributed by atoms with E-state index in [4.69, 9.17) is 0 Å². The van der Waals surface area contributed by atoms with Crippen LogP contribution in [-0.2, 0) is 11.2 Å². The van der Waals surface area contributed by atoms with Gasteiger partial charge in [-0.15, -0.1) is 0 Å². The molecule has 0 spiro atoms. The molecule has 0 amide bonds. The molecule has 1 aliphatic carbocycles. The van der Waals surface area contributed by atoms with Crippen LogP contribution < -0.4 is 0 Å². The van der Waals surface area contributed by atoms with Gasteiger partial charge in [0.2, 0.25) is 0 Å². The molecule has 1 aliphatic rings. The largest absolute Gasteiger partial charge is 0.299 e. The predicted molar refractivity (Wildman–Crippen MR) is 78.6 cm³/mol. The second-order valence-corrected chi connectivity index (χ2v) is 6.30. The van der Waals surface area contributed by atoms with Gasteiger partial charge in [0.25, 0.3) is 0 Å². The smallest absolute Gasteiger partial charge is 0.137 e. The molecule has 1 aromatic carbocycles. The van der Waals surface area contributed by atoms with E-state index < -0.39 is 0 Å². The highest BCUT2D eigenvalue weighted by Crippen LogP contribution is 2.33. The molecule has 1 aromatic rings. The number of rotatable bonds is 4. The Morgan fingerprint density at radius 2 is 2.21 bits per heavy atom. The Bertz CT molecular complexity index is 458. The lowest BCUT2D eigenvalue weighted by molar-refractivity contribution is -0.125. The monoisotopic (exact) mass is 326 g/mol. The number of hydrogen-bond donors (Lipinski definition) is 0. The summed E-state index contributed by atoms with van der Waals surface area (Å²) >= 11 is 3.29. The van der Waals surface area contributed by atoms with E-state index in [1.54, 1.807) is 6.07 Å². The maximum Gasteiger partial charge on any atom is 0.137 e. The molecule has 1 nitrogen and oxygen atoms in total. The van der Waals surface area contributed by atoms with Crippen LogP contribution in [-0.4, -0.2) is 5.78 Å². The first kappa shape index (κ1) is 14.7. The van der Waals surface area contributed by atoms with E-state index in [2.05, 4.69) is 22.9 Å². The van der Waals surface area contributed by atoms with Gasteiger partial charge < -0.3 is 0 Å². The standard InChI is InChI=1S/C16H20BrFO/c1-2-4-11-7-8-15(19)13(9-11)10-12-5-3-6-14(18)16(12)17/h3,5-6,11,13H,2,4,7-10H2,1H3. The summed E-state index contributed by atoms with van der Waals surface area (Å²) in [4.78, 5) is 12.0. The molecule has 0 heterocycles. The molecular formula is C16H20BrFO. The molecule has 19 heavy (non-hydrogen) atoms. The number of carbonyl (C=O) groups excluding carboxylic acids is 1. The van der Waals surface area contributed by atoms with Gasteiger partial charge in [0.15, 0.2) is 0 Å². The van der Waals surface area contributed by atoms with Crippen LogP contribution in [0.2, 0.25) is 0 Å². The minimum absolute atomic E-state index is 0.0726. The molecule has 0 bridgehead atoms. The first-order valence-electron chi connectivity index (χ1n) is 7.07. The maximum atomic E-state index is 13.5. The fourth-order valence-electron chi connectivity index (χ4n) is 3.04. The molecule has 2 rings (SSSR count). The Morgan fingerprint density at radius 1 is 1.42 bits per heavy atom. The average Bonchev–Trinajstić information content (AvgIpc) is 2.39. The van der Waals surface area contributed by atoms with Gasteiger partial charge in [-0.05, 0) is 52.7 Å². The summed E-state index contributed by atoms with van der Waals surface area (Å²) in [6.07, 6.45) is 5.74. The molecule has 0 aliphatic heterocycles. The van der Waals surface area contributed by atoms with Gasteiger partial charge in [0.05, 0.1) is 4.47 Å². The normalized spacial score (nSPS) is 23.6. The Labute approximate surface area is 122 Å². The molecule has 0 aromatic heterocycles. The van der Waals surface area contributed by atoms with Gasteiger partial charge in [-0.1, -0.05) is 31.9 Å². The molecule has 3 heteroatoms. The highest BCUT2D eigenvalue weighted by molar-refractivity contribution is 9.10. The molecule has 0 N–H and O–H groups in total. The van der Waals surface area contributed by atoms with Gasteiger partial charge in [-0.3, -0.25) is 4.79 Å². The van der Waals surface area contributed by atoms with Crippen LogP contribution in [0.25, 0.3) is 0 Å². The topological polar surface area (TPSA) is 17.1 Å². The van der Waals surface area contributed by atoms with Crippen molar-refractivity contribution in [3.8, 4) is 0 Å².